The molecule has 0 saturated carbocycles. The highest BCUT2D eigenvalue weighted by Gasteiger charge is 2.22. The van der Waals surface area contributed by atoms with Crippen LogP contribution in [0, 0.1) is 5.82 Å². The van der Waals surface area contributed by atoms with Crippen LogP contribution >= 0.6 is 0 Å². The van der Waals surface area contributed by atoms with Crippen LogP contribution in [-0.4, -0.2) is 21.9 Å². The molecule has 2 unspecified atom stereocenters. The van der Waals surface area contributed by atoms with Crippen molar-refractivity contribution < 1.29 is 13.4 Å². The van der Waals surface area contributed by atoms with E-state index in [1.54, 1.807) is 6.92 Å². The first-order valence-corrected chi connectivity index (χ1v) is 7.42. The van der Waals surface area contributed by atoms with Gasteiger partial charge in [0.05, 0.1) is 21.4 Å². The van der Waals surface area contributed by atoms with Crippen LogP contribution < -0.4 is 11.1 Å². The van der Waals surface area contributed by atoms with Crippen molar-refractivity contribution in [3.05, 3.63) is 24.0 Å². The molecule has 0 radical (unpaired) electrons. The van der Waals surface area contributed by atoms with Crippen molar-refractivity contribution in [3.63, 3.8) is 0 Å². The minimum absolute atomic E-state index is 0.103. The largest absolute Gasteiger partial charge is 0.398 e. The molecule has 0 fully saturated rings. The number of anilines is 1. The number of nitrogens with two attached hydrogens (primary N) is 1. The first kappa shape index (κ1) is 15.6. The van der Waals surface area contributed by atoms with Crippen LogP contribution in [0.1, 0.15) is 26.7 Å². The van der Waals surface area contributed by atoms with Gasteiger partial charge in [-0.15, -0.1) is 0 Å². The lowest BCUT2D eigenvalue weighted by molar-refractivity contribution is -0.120. The molecular formula is C13H19FN2O2S. The minimum atomic E-state index is -1.59. The van der Waals surface area contributed by atoms with Crippen molar-refractivity contribution in [2.75, 3.05) is 12.3 Å². The summed E-state index contributed by atoms with van der Waals surface area (Å²) in [6.07, 6.45) is 1.85. The number of carbonyl (C=O) groups is 1. The van der Waals surface area contributed by atoms with E-state index in [9.17, 15) is 13.4 Å². The fourth-order valence-electron chi connectivity index (χ4n) is 1.52. The van der Waals surface area contributed by atoms with Gasteiger partial charge in [-0.2, -0.15) is 0 Å². The molecule has 19 heavy (non-hydrogen) atoms. The van der Waals surface area contributed by atoms with Crippen LogP contribution in [0.4, 0.5) is 10.1 Å². The lowest BCUT2D eigenvalue weighted by Crippen LogP contribution is -2.36. The molecule has 0 aliphatic rings. The fourth-order valence-corrected chi connectivity index (χ4v) is 2.67. The van der Waals surface area contributed by atoms with Crippen LogP contribution in [-0.2, 0) is 15.6 Å². The zero-order valence-electron chi connectivity index (χ0n) is 11.1. The zero-order chi connectivity index (χ0) is 14.4. The number of benzene rings is 1. The molecule has 0 bridgehead atoms. The van der Waals surface area contributed by atoms with Gasteiger partial charge in [0.1, 0.15) is 11.1 Å². The van der Waals surface area contributed by atoms with E-state index in [2.05, 4.69) is 5.32 Å². The van der Waals surface area contributed by atoms with Gasteiger partial charge >= 0.3 is 0 Å². The Labute approximate surface area is 115 Å². The van der Waals surface area contributed by atoms with Crippen LogP contribution in [0.5, 0.6) is 0 Å². The lowest BCUT2D eigenvalue weighted by Gasteiger charge is -2.13. The smallest absolute Gasteiger partial charge is 0.235 e. The molecule has 1 aromatic carbocycles. The van der Waals surface area contributed by atoms with Gasteiger partial charge in [-0.1, -0.05) is 13.3 Å². The van der Waals surface area contributed by atoms with E-state index in [0.717, 1.165) is 18.9 Å². The number of amides is 1. The van der Waals surface area contributed by atoms with E-state index in [4.69, 9.17) is 5.73 Å². The van der Waals surface area contributed by atoms with Crippen molar-refractivity contribution in [3.8, 4) is 0 Å². The van der Waals surface area contributed by atoms with E-state index in [0.29, 0.717) is 11.4 Å². The summed E-state index contributed by atoms with van der Waals surface area (Å²) >= 11 is 0. The Morgan fingerprint density at radius 1 is 1.53 bits per heavy atom. The van der Waals surface area contributed by atoms with E-state index >= 15 is 0 Å². The first-order valence-electron chi connectivity index (χ1n) is 6.20. The number of hydrogen-bond donors (Lipinski definition) is 2. The lowest BCUT2D eigenvalue weighted by atomic mass is 10.3. The van der Waals surface area contributed by atoms with Gasteiger partial charge in [-0.25, -0.2) is 4.39 Å². The van der Waals surface area contributed by atoms with Crippen LogP contribution in [0.15, 0.2) is 23.1 Å². The Morgan fingerprint density at radius 3 is 2.79 bits per heavy atom. The van der Waals surface area contributed by atoms with Gasteiger partial charge < -0.3 is 11.1 Å². The van der Waals surface area contributed by atoms with E-state index in [1.165, 1.54) is 12.1 Å². The summed E-state index contributed by atoms with van der Waals surface area (Å²) in [6.45, 7) is 4.16. The predicted molar refractivity (Wildman–Crippen MR) is 74.6 cm³/mol. The number of carbonyl (C=O) groups excluding carboxylic acids is 1. The number of nitrogens with one attached hydrogen (secondary N) is 1. The van der Waals surface area contributed by atoms with Crippen molar-refractivity contribution in [1.82, 2.24) is 5.32 Å². The third-order valence-electron chi connectivity index (χ3n) is 2.71. The van der Waals surface area contributed by atoms with E-state index < -0.39 is 21.9 Å². The van der Waals surface area contributed by atoms with Gasteiger partial charge in [0.25, 0.3) is 0 Å². The van der Waals surface area contributed by atoms with Crippen molar-refractivity contribution in [2.24, 2.45) is 0 Å². The van der Waals surface area contributed by atoms with Crippen LogP contribution in [0.25, 0.3) is 0 Å². The highest BCUT2D eigenvalue weighted by Crippen LogP contribution is 2.20. The third kappa shape index (κ3) is 4.31. The number of halogens is 1. The molecule has 2 atom stereocenters. The highest BCUT2D eigenvalue weighted by atomic mass is 32.2. The zero-order valence-corrected chi connectivity index (χ0v) is 11.9. The quantitative estimate of drug-likeness (QED) is 0.619. The normalized spacial score (nSPS) is 13.8. The van der Waals surface area contributed by atoms with E-state index in [1.807, 2.05) is 6.92 Å². The molecular weight excluding hydrogens is 267 g/mol. The molecule has 1 rings (SSSR count). The second-order valence-corrected chi connectivity index (χ2v) is 6.01. The molecule has 0 aromatic heterocycles. The van der Waals surface area contributed by atoms with Crippen LogP contribution in [0.3, 0.4) is 0 Å². The molecule has 1 amide bonds. The molecule has 0 aliphatic carbocycles. The fraction of sp³-hybridized carbons (Fsp3) is 0.462. The summed E-state index contributed by atoms with van der Waals surface area (Å²) < 4.78 is 25.1. The average Bonchev–Trinajstić information content (AvgIpc) is 2.37. The molecule has 0 saturated heterocycles. The maximum Gasteiger partial charge on any atom is 0.235 e. The van der Waals surface area contributed by atoms with Gasteiger partial charge in [0, 0.05) is 6.54 Å². The monoisotopic (exact) mass is 286 g/mol. The van der Waals surface area contributed by atoms with Gasteiger partial charge in [-0.3, -0.25) is 9.00 Å². The Balaban J connectivity index is 2.73. The van der Waals surface area contributed by atoms with Crippen LogP contribution in [0.2, 0.25) is 0 Å². The van der Waals surface area contributed by atoms with Gasteiger partial charge in [-0.05, 0) is 31.5 Å². The summed E-state index contributed by atoms with van der Waals surface area (Å²) in [5.74, 6) is -0.770. The third-order valence-corrected chi connectivity index (χ3v) is 4.37. The molecule has 0 aliphatic heterocycles. The molecule has 106 valence electrons. The number of unbranched alkanes of at least 4 members (excludes halogenated alkanes) is 1. The Hall–Kier alpha value is -1.43. The SMILES string of the molecule is CCCCNC(=O)C(C)S(=O)c1ccc(F)cc1N. The van der Waals surface area contributed by atoms with E-state index in [-0.39, 0.29) is 11.6 Å². The predicted octanol–water partition coefficient (Wildman–Crippen LogP) is 1.82. The summed E-state index contributed by atoms with van der Waals surface area (Å²) in [5, 5.41) is 2.00. The second-order valence-electron chi connectivity index (χ2n) is 4.27. The standard InChI is InChI=1S/C13H19FN2O2S/c1-3-4-7-16-13(17)9(2)19(18)12-6-5-10(14)8-11(12)15/h5-6,8-9H,3-4,7,15H2,1-2H3,(H,16,17). The van der Waals surface area contributed by atoms with Crippen molar-refractivity contribution >= 4 is 22.4 Å². The molecule has 0 heterocycles. The average molecular weight is 286 g/mol. The Kier molecular flexibility index (Phi) is 5.95. The summed E-state index contributed by atoms with van der Waals surface area (Å²) in [7, 11) is -1.59. The van der Waals surface area contributed by atoms with Gasteiger partial charge in [0.2, 0.25) is 5.91 Å². The molecule has 4 nitrogen and oxygen atoms in total. The van der Waals surface area contributed by atoms with Crippen molar-refractivity contribution in [2.45, 2.75) is 36.8 Å². The molecule has 6 heteroatoms. The number of rotatable bonds is 6. The minimum Gasteiger partial charge on any atom is -0.398 e. The maximum absolute atomic E-state index is 12.9. The summed E-state index contributed by atoms with van der Waals surface area (Å²) in [4.78, 5) is 12.1. The second kappa shape index (κ2) is 7.23. The van der Waals surface area contributed by atoms with Crippen molar-refractivity contribution in [1.29, 1.82) is 0 Å². The molecule has 1 aromatic rings. The topological polar surface area (TPSA) is 72.2 Å². The molecule has 3 N–H and O–H groups in total. The summed E-state index contributed by atoms with van der Waals surface area (Å²) in [6, 6.07) is 3.65. The number of hydrogen-bond acceptors (Lipinski definition) is 3. The number of nitrogen functional groups attached to an aromatic ring is 1. The molecule has 0 spiro atoms. The Bertz CT molecular complexity index is 480. The summed E-state index contributed by atoms with van der Waals surface area (Å²) in [5.41, 5.74) is 5.72. The Morgan fingerprint density at radius 2 is 2.21 bits per heavy atom. The van der Waals surface area contributed by atoms with Gasteiger partial charge in [0.15, 0.2) is 0 Å². The highest BCUT2D eigenvalue weighted by molar-refractivity contribution is 7.86. The first-order chi connectivity index (χ1) is 8.97. The maximum atomic E-state index is 12.9.